The fraction of sp³-hybridized carbons (Fsp3) is 0. The molecule has 176 valence electrons. The van der Waals surface area contributed by atoms with E-state index in [4.69, 9.17) is 8.83 Å². The normalized spacial score (nSPS) is 11.5. The largest absolute Gasteiger partial charge is 0.456 e. The molecular formula is C32H19NO4. The first-order valence-corrected chi connectivity index (χ1v) is 11.9. The standard InChI is InChI=1S/C32H19NO4/c34-31-22-14-7-8-16-26(22)36-28-19-24-29(18-23(28)31)37-27-17-9-15-25(30(27)32(24)35)33(20-10-3-1-4-11-20)21-12-5-2-6-13-21/h1-19H. The summed E-state index contributed by atoms with van der Waals surface area (Å²) < 4.78 is 12.3. The van der Waals surface area contributed by atoms with Gasteiger partial charge in [-0.1, -0.05) is 54.6 Å². The highest BCUT2D eigenvalue weighted by molar-refractivity contribution is 6.04. The smallest absolute Gasteiger partial charge is 0.202 e. The van der Waals surface area contributed by atoms with Crippen molar-refractivity contribution in [1.29, 1.82) is 0 Å². The van der Waals surface area contributed by atoms with Crippen LogP contribution < -0.4 is 15.8 Å². The van der Waals surface area contributed by atoms with Gasteiger partial charge in [-0.3, -0.25) is 9.59 Å². The summed E-state index contributed by atoms with van der Waals surface area (Å²) >= 11 is 0. The summed E-state index contributed by atoms with van der Waals surface area (Å²) in [4.78, 5) is 29.3. The van der Waals surface area contributed by atoms with Crippen LogP contribution in [0.3, 0.4) is 0 Å². The molecule has 0 fully saturated rings. The summed E-state index contributed by atoms with van der Waals surface area (Å²) in [5.41, 5.74) is 3.79. The molecule has 0 saturated heterocycles. The van der Waals surface area contributed by atoms with Crippen LogP contribution in [-0.2, 0) is 0 Å². The Bertz CT molecular complexity index is 2040. The molecule has 7 aromatic rings. The van der Waals surface area contributed by atoms with E-state index in [-0.39, 0.29) is 10.9 Å². The van der Waals surface area contributed by atoms with Crippen LogP contribution in [0.2, 0.25) is 0 Å². The van der Waals surface area contributed by atoms with E-state index in [0.29, 0.717) is 49.6 Å². The van der Waals surface area contributed by atoms with Gasteiger partial charge in [-0.25, -0.2) is 0 Å². The first-order valence-electron chi connectivity index (χ1n) is 11.9. The van der Waals surface area contributed by atoms with Gasteiger partial charge in [-0.15, -0.1) is 0 Å². The molecule has 0 radical (unpaired) electrons. The molecule has 0 atom stereocenters. The monoisotopic (exact) mass is 481 g/mol. The highest BCUT2D eigenvalue weighted by Crippen LogP contribution is 2.38. The number of benzene rings is 5. The van der Waals surface area contributed by atoms with Gasteiger partial charge in [0.25, 0.3) is 0 Å². The van der Waals surface area contributed by atoms with Gasteiger partial charge in [-0.2, -0.15) is 0 Å². The molecule has 0 spiro atoms. The number of rotatable bonds is 3. The predicted octanol–water partition coefficient (Wildman–Crippen LogP) is 7.68. The van der Waals surface area contributed by atoms with Gasteiger partial charge in [0.15, 0.2) is 0 Å². The molecule has 37 heavy (non-hydrogen) atoms. The lowest BCUT2D eigenvalue weighted by Crippen LogP contribution is -2.14. The Balaban J connectivity index is 1.57. The fourth-order valence-corrected chi connectivity index (χ4v) is 4.94. The summed E-state index contributed by atoms with van der Waals surface area (Å²) in [6, 6.07) is 35.7. The molecule has 0 aliphatic rings. The van der Waals surface area contributed by atoms with Gasteiger partial charge >= 0.3 is 0 Å². The zero-order valence-electron chi connectivity index (χ0n) is 19.5. The van der Waals surface area contributed by atoms with E-state index in [0.717, 1.165) is 11.4 Å². The molecule has 0 bridgehead atoms. The van der Waals surface area contributed by atoms with Crippen molar-refractivity contribution in [2.24, 2.45) is 0 Å². The molecule has 2 heterocycles. The number of para-hydroxylation sites is 3. The van der Waals surface area contributed by atoms with Crippen molar-refractivity contribution in [2.75, 3.05) is 4.90 Å². The molecule has 5 heteroatoms. The molecule has 0 aliphatic heterocycles. The lowest BCUT2D eigenvalue weighted by molar-refractivity contribution is 0.652. The maximum absolute atomic E-state index is 14.1. The summed E-state index contributed by atoms with van der Waals surface area (Å²) in [5.74, 6) is 0. The lowest BCUT2D eigenvalue weighted by Gasteiger charge is -2.26. The topological polar surface area (TPSA) is 63.7 Å². The molecule has 0 aliphatic carbocycles. The number of hydrogen-bond donors (Lipinski definition) is 0. The summed E-state index contributed by atoms with van der Waals surface area (Å²) in [5, 5.41) is 1.67. The summed E-state index contributed by atoms with van der Waals surface area (Å²) in [7, 11) is 0. The van der Waals surface area contributed by atoms with E-state index >= 15 is 0 Å². The maximum Gasteiger partial charge on any atom is 0.202 e. The minimum Gasteiger partial charge on any atom is -0.456 e. The SMILES string of the molecule is O=c1c2ccccc2oc2cc3c(=O)c4c(N(c5ccccc5)c5ccccc5)cccc4oc3cc12. The van der Waals surface area contributed by atoms with Crippen LogP contribution in [-0.4, -0.2) is 0 Å². The Labute approximate surface area is 210 Å². The number of anilines is 3. The fourth-order valence-electron chi connectivity index (χ4n) is 4.94. The number of fused-ring (bicyclic) bond motifs is 4. The van der Waals surface area contributed by atoms with E-state index in [1.165, 1.54) is 0 Å². The van der Waals surface area contributed by atoms with E-state index in [1.807, 2.05) is 83.8 Å². The Kier molecular flexibility index (Phi) is 4.69. The van der Waals surface area contributed by atoms with E-state index in [9.17, 15) is 9.59 Å². The predicted molar refractivity (Wildman–Crippen MR) is 148 cm³/mol. The van der Waals surface area contributed by atoms with Crippen LogP contribution in [0.5, 0.6) is 0 Å². The van der Waals surface area contributed by atoms with Gasteiger partial charge in [0.2, 0.25) is 10.9 Å². The zero-order chi connectivity index (χ0) is 24.9. The lowest BCUT2D eigenvalue weighted by atomic mass is 10.1. The third kappa shape index (κ3) is 3.32. The van der Waals surface area contributed by atoms with Gasteiger partial charge in [0, 0.05) is 11.4 Å². The van der Waals surface area contributed by atoms with Gasteiger partial charge in [0.1, 0.15) is 22.3 Å². The maximum atomic E-state index is 14.1. The van der Waals surface area contributed by atoms with E-state index < -0.39 is 0 Å². The Morgan fingerprint density at radius 2 is 1.00 bits per heavy atom. The van der Waals surface area contributed by atoms with Crippen molar-refractivity contribution in [3.05, 3.63) is 136 Å². The van der Waals surface area contributed by atoms with Crippen LogP contribution in [0.15, 0.2) is 134 Å². The van der Waals surface area contributed by atoms with Crippen molar-refractivity contribution in [1.82, 2.24) is 0 Å². The molecule has 0 unspecified atom stereocenters. The number of nitrogens with zero attached hydrogens (tertiary/aromatic N) is 1. The molecule has 0 saturated carbocycles. The van der Waals surface area contributed by atoms with Gasteiger partial charge < -0.3 is 13.7 Å². The van der Waals surface area contributed by atoms with Crippen LogP contribution in [0.4, 0.5) is 17.1 Å². The van der Waals surface area contributed by atoms with Crippen LogP contribution in [0.25, 0.3) is 43.9 Å². The second-order valence-corrected chi connectivity index (χ2v) is 8.86. The third-order valence-corrected chi connectivity index (χ3v) is 6.64. The Morgan fingerprint density at radius 3 is 1.68 bits per heavy atom. The molecule has 0 amide bonds. The molecule has 5 nitrogen and oxygen atoms in total. The summed E-state index contributed by atoms with van der Waals surface area (Å²) in [6.45, 7) is 0. The molecule has 7 rings (SSSR count). The van der Waals surface area contributed by atoms with Crippen molar-refractivity contribution in [3.63, 3.8) is 0 Å². The second kappa shape index (κ2) is 8.21. The van der Waals surface area contributed by atoms with E-state index in [2.05, 4.69) is 0 Å². The Hall–Kier alpha value is -5.16. The molecule has 0 N–H and O–H groups in total. The van der Waals surface area contributed by atoms with Crippen LogP contribution in [0, 0.1) is 0 Å². The quantitative estimate of drug-likeness (QED) is 0.242. The van der Waals surface area contributed by atoms with Crippen LogP contribution >= 0.6 is 0 Å². The van der Waals surface area contributed by atoms with E-state index in [1.54, 1.807) is 36.4 Å². The molecule has 2 aromatic heterocycles. The molecular weight excluding hydrogens is 462 g/mol. The Morgan fingerprint density at radius 1 is 0.459 bits per heavy atom. The minimum absolute atomic E-state index is 0.158. The average molecular weight is 482 g/mol. The first kappa shape index (κ1) is 21.1. The minimum atomic E-state index is -0.193. The summed E-state index contributed by atoms with van der Waals surface area (Å²) in [6.07, 6.45) is 0. The van der Waals surface area contributed by atoms with Crippen molar-refractivity contribution in [3.8, 4) is 0 Å². The van der Waals surface area contributed by atoms with Crippen LogP contribution in [0.1, 0.15) is 0 Å². The second-order valence-electron chi connectivity index (χ2n) is 8.86. The molecule has 5 aromatic carbocycles. The van der Waals surface area contributed by atoms with Crippen molar-refractivity contribution >= 4 is 60.9 Å². The highest BCUT2D eigenvalue weighted by Gasteiger charge is 2.20. The number of hydrogen-bond acceptors (Lipinski definition) is 5. The highest BCUT2D eigenvalue weighted by atomic mass is 16.3. The van der Waals surface area contributed by atoms with Gasteiger partial charge in [0.05, 0.1) is 27.2 Å². The first-order chi connectivity index (χ1) is 18.2. The van der Waals surface area contributed by atoms with Gasteiger partial charge in [-0.05, 0) is 60.7 Å². The average Bonchev–Trinajstić information content (AvgIpc) is 2.94. The zero-order valence-corrected chi connectivity index (χ0v) is 19.5. The third-order valence-electron chi connectivity index (χ3n) is 6.64. The van der Waals surface area contributed by atoms with Crippen molar-refractivity contribution in [2.45, 2.75) is 0 Å². The van der Waals surface area contributed by atoms with Crippen molar-refractivity contribution < 1.29 is 8.83 Å².